The maximum Gasteiger partial charge on any atom is 0.252 e. The lowest BCUT2D eigenvalue weighted by molar-refractivity contribution is -0.120. The van der Waals surface area contributed by atoms with E-state index in [1.807, 2.05) is 57.2 Å². The third-order valence-electron chi connectivity index (χ3n) is 4.67. The molecule has 0 bridgehead atoms. The lowest BCUT2D eigenvalue weighted by atomic mass is 10.2. The Morgan fingerprint density at radius 3 is 2.47 bits per heavy atom. The summed E-state index contributed by atoms with van der Waals surface area (Å²) < 4.78 is 2.05. The first-order chi connectivity index (χ1) is 14.3. The fourth-order valence-corrected chi connectivity index (χ4v) is 4.47. The van der Waals surface area contributed by atoms with Gasteiger partial charge in [0.25, 0.3) is 5.91 Å². The third kappa shape index (κ3) is 5.69. The molecule has 3 aromatic rings. The molecule has 2 aromatic carbocycles. The number of halogens is 2. The highest BCUT2D eigenvalue weighted by Gasteiger charge is 2.14. The average molecular weight is 460 g/mol. The summed E-state index contributed by atoms with van der Waals surface area (Å²) in [4.78, 5) is 12.3. The minimum Gasteiger partial charge on any atom is -0.318 e. The first kappa shape index (κ1) is 22.5. The molecule has 3 rings (SSSR count). The number of rotatable bonds is 7. The lowest BCUT2D eigenvalue weighted by Crippen LogP contribution is -2.27. The number of hydrazone groups is 1. The Kier molecular flexibility index (Phi) is 7.64. The van der Waals surface area contributed by atoms with Gasteiger partial charge in [-0.15, -0.1) is 11.8 Å². The maximum atomic E-state index is 12.3. The van der Waals surface area contributed by atoms with Crippen LogP contribution in [0.4, 0.5) is 0 Å². The van der Waals surface area contributed by atoms with Gasteiger partial charge in [0.15, 0.2) is 0 Å². The molecule has 0 aliphatic carbocycles. The molecule has 0 radical (unpaired) electrons. The van der Waals surface area contributed by atoms with Gasteiger partial charge in [-0.25, -0.2) is 5.43 Å². The lowest BCUT2D eigenvalue weighted by Gasteiger charge is -2.11. The zero-order chi connectivity index (χ0) is 21.7. The zero-order valence-corrected chi connectivity index (χ0v) is 19.4. The highest BCUT2D eigenvalue weighted by atomic mass is 35.5. The van der Waals surface area contributed by atoms with Crippen LogP contribution >= 0.6 is 35.0 Å². The van der Waals surface area contributed by atoms with E-state index in [4.69, 9.17) is 23.2 Å². The fraction of sp³-hybridized carbons (Fsp3) is 0.217. The minimum atomic E-state index is -0.205. The van der Waals surface area contributed by atoms with Crippen molar-refractivity contribution in [2.75, 3.05) is 0 Å². The molecule has 1 unspecified atom stereocenters. The quantitative estimate of drug-likeness (QED) is 0.338. The molecule has 0 aliphatic rings. The average Bonchev–Trinajstić information content (AvgIpc) is 2.99. The molecule has 4 nitrogen and oxygen atoms in total. The number of benzene rings is 2. The second-order valence-corrected chi connectivity index (χ2v) is 9.16. The first-order valence-corrected chi connectivity index (χ1v) is 11.3. The number of aryl methyl sites for hydroxylation is 1. The second-order valence-electron chi connectivity index (χ2n) is 6.96. The zero-order valence-electron chi connectivity index (χ0n) is 17.0. The van der Waals surface area contributed by atoms with Gasteiger partial charge >= 0.3 is 0 Å². The van der Waals surface area contributed by atoms with E-state index in [0.717, 1.165) is 28.4 Å². The van der Waals surface area contributed by atoms with Gasteiger partial charge in [0.2, 0.25) is 0 Å². The molecule has 156 valence electrons. The van der Waals surface area contributed by atoms with Crippen molar-refractivity contribution in [1.82, 2.24) is 9.99 Å². The molecule has 1 N–H and O–H groups in total. The summed E-state index contributed by atoms with van der Waals surface area (Å²) >= 11 is 13.9. The number of carbonyl (C=O) groups excluding carboxylic acids is 1. The first-order valence-electron chi connectivity index (χ1n) is 9.49. The number of carbonyl (C=O) groups is 1. The van der Waals surface area contributed by atoms with E-state index in [-0.39, 0.29) is 11.2 Å². The summed E-state index contributed by atoms with van der Waals surface area (Å²) in [6, 6.07) is 17.5. The number of thioether (sulfide) groups is 1. The van der Waals surface area contributed by atoms with Gasteiger partial charge in [-0.1, -0.05) is 53.5 Å². The van der Waals surface area contributed by atoms with Crippen LogP contribution in [0.25, 0.3) is 5.69 Å². The third-order valence-corrected chi connectivity index (χ3v) is 6.32. The molecule has 1 heterocycles. The SMILES string of the molecule is Cc1cc(/C=N/NC(=O)C(C)SCc2ccccc2)c(C)n1-c1cc(Cl)cc(Cl)c1. The maximum absolute atomic E-state index is 12.3. The normalized spacial score (nSPS) is 12.3. The molecule has 0 fully saturated rings. The van der Waals surface area contributed by atoms with Crippen LogP contribution in [0.3, 0.4) is 0 Å². The Balaban J connectivity index is 1.64. The van der Waals surface area contributed by atoms with Crippen LogP contribution in [-0.2, 0) is 10.5 Å². The van der Waals surface area contributed by atoms with Crippen molar-refractivity contribution in [3.05, 3.63) is 87.2 Å². The van der Waals surface area contributed by atoms with Gasteiger partial charge < -0.3 is 4.57 Å². The molecule has 7 heteroatoms. The second kappa shape index (κ2) is 10.2. The number of nitrogens with one attached hydrogen (secondary N) is 1. The summed E-state index contributed by atoms with van der Waals surface area (Å²) in [5.74, 6) is 0.658. The van der Waals surface area contributed by atoms with Crippen LogP contribution in [-0.4, -0.2) is 21.9 Å². The van der Waals surface area contributed by atoms with E-state index in [9.17, 15) is 4.79 Å². The Morgan fingerprint density at radius 1 is 1.13 bits per heavy atom. The molecule has 1 atom stereocenters. The molecule has 30 heavy (non-hydrogen) atoms. The number of amides is 1. The molecule has 0 spiro atoms. The van der Waals surface area contributed by atoms with Crippen molar-refractivity contribution in [3.8, 4) is 5.69 Å². The van der Waals surface area contributed by atoms with Crippen molar-refractivity contribution >= 4 is 47.1 Å². The van der Waals surface area contributed by atoms with Gasteiger partial charge in [0.1, 0.15) is 0 Å². The Labute approximate surface area is 191 Å². The van der Waals surface area contributed by atoms with Crippen molar-refractivity contribution in [1.29, 1.82) is 0 Å². The highest BCUT2D eigenvalue weighted by Crippen LogP contribution is 2.26. The molecule has 1 amide bonds. The van der Waals surface area contributed by atoms with E-state index in [1.54, 1.807) is 24.0 Å². The van der Waals surface area contributed by atoms with E-state index < -0.39 is 0 Å². The predicted molar refractivity (Wildman–Crippen MR) is 128 cm³/mol. The van der Waals surface area contributed by atoms with E-state index >= 15 is 0 Å². The van der Waals surface area contributed by atoms with Crippen LogP contribution in [0.5, 0.6) is 0 Å². The van der Waals surface area contributed by atoms with Crippen molar-refractivity contribution in [3.63, 3.8) is 0 Å². The Bertz CT molecular complexity index is 1040. The largest absolute Gasteiger partial charge is 0.318 e. The standard InChI is InChI=1S/C23H23Cl2N3OS/c1-15-9-19(16(2)28(15)22-11-20(24)10-21(25)12-22)13-26-27-23(29)17(3)30-14-18-7-5-4-6-8-18/h4-13,17H,14H2,1-3H3,(H,27,29)/b26-13+. The number of nitrogens with zero attached hydrogens (tertiary/aromatic N) is 2. The number of aromatic nitrogens is 1. The predicted octanol–water partition coefficient (Wildman–Crippen LogP) is 6.17. The Morgan fingerprint density at radius 2 is 1.80 bits per heavy atom. The molecule has 1 aromatic heterocycles. The van der Waals surface area contributed by atoms with Crippen LogP contribution < -0.4 is 5.43 Å². The molecule has 0 saturated heterocycles. The number of hydrogen-bond donors (Lipinski definition) is 1. The summed E-state index contributed by atoms with van der Waals surface area (Å²) in [6.45, 7) is 5.87. The van der Waals surface area contributed by atoms with Crippen LogP contribution in [0.1, 0.15) is 29.4 Å². The minimum absolute atomic E-state index is 0.123. The molecule has 0 saturated carbocycles. The van der Waals surface area contributed by atoms with Gasteiger partial charge in [0.05, 0.1) is 11.5 Å². The van der Waals surface area contributed by atoms with E-state index in [2.05, 4.69) is 27.2 Å². The fourth-order valence-electron chi connectivity index (χ4n) is 3.11. The Hall–Kier alpha value is -2.21. The monoisotopic (exact) mass is 459 g/mol. The molecule has 0 aliphatic heterocycles. The summed E-state index contributed by atoms with van der Waals surface area (Å²) in [6.07, 6.45) is 1.66. The van der Waals surface area contributed by atoms with Crippen molar-refractivity contribution in [2.24, 2.45) is 5.10 Å². The van der Waals surface area contributed by atoms with Crippen LogP contribution in [0, 0.1) is 13.8 Å². The van der Waals surface area contributed by atoms with Gasteiger partial charge in [-0.3, -0.25) is 4.79 Å². The summed E-state index contributed by atoms with van der Waals surface area (Å²) in [5, 5.41) is 5.11. The topological polar surface area (TPSA) is 46.4 Å². The van der Waals surface area contributed by atoms with Crippen molar-refractivity contribution in [2.45, 2.75) is 31.8 Å². The van der Waals surface area contributed by atoms with E-state index in [0.29, 0.717) is 10.0 Å². The highest BCUT2D eigenvalue weighted by molar-refractivity contribution is 7.99. The smallest absolute Gasteiger partial charge is 0.252 e. The van der Waals surface area contributed by atoms with Gasteiger partial charge in [-0.2, -0.15) is 5.10 Å². The molecular formula is C23H23Cl2N3OS. The van der Waals surface area contributed by atoms with Crippen LogP contribution in [0.2, 0.25) is 10.0 Å². The van der Waals surface area contributed by atoms with Gasteiger partial charge in [0, 0.05) is 38.4 Å². The van der Waals surface area contributed by atoms with E-state index in [1.165, 1.54) is 5.56 Å². The number of hydrogen-bond acceptors (Lipinski definition) is 3. The molecular weight excluding hydrogens is 437 g/mol. The van der Waals surface area contributed by atoms with Crippen LogP contribution in [0.15, 0.2) is 59.7 Å². The van der Waals surface area contributed by atoms with Gasteiger partial charge in [-0.05, 0) is 50.6 Å². The summed E-state index contributed by atoms with van der Waals surface area (Å²) in [7, 11) is 0. The summed E-state index contributed by atoms with van der Waals surface area (Å²) in [5.41, 5.74) is 7.63. The van der Waals surface area contributed by atoms with Crippen molar-refractivity contribution < 1.29 is 4.79 Å².